The first-order valence-electron chi connectivity index (χ1n) is 8.10. The van der Waals surface area contributed by atoms with Gasteiger partial charge in [-0.3, -0.25) is 0 Å². The van der Waals surface area contributed by atoms with Crippen LogP contribution in [0, 0.1) is 0 Å². The van der Waals surface area contributed by atoms with Crippen LogP contribution in [-0.2, 0) is 11.5 Å². The lowest BCUT2D eigenvalue weighted by atomic mass is 10.1. The first-order valence-corrected chi connectivity index (χ1v) is 11.0. The lowest BCUT2D eigenvalue weighted by molar-refractivity contribution is -0.670. The average Bonchev–Trinajstić information content (AvgIpc) is 2.84. The Bertz CT molecular complexity index is 532. The molecule has 0 aliphatic carbocycles. The number of hydrogen-bond donors (Lipinski definition) is 0. The summed E-state index contributed by atoms with van der Waals surface area (Å²) in [6, 6.07) is 0.0615. The Balaban J connectivity index is 0.00000264. The number of imidazole rings is 1. The molecule has 1 fully saturated rings. The molecular weight excluding hydrogens is 421 g/mol. The molecule has 132 valence electrons. The van der Waals surface area contributed by atoms with Gasteiger partial charge in [-0.05, 0) is 31.0 Å². The van der Waals surface area contributed by atoms with Crippen LogP contribution in [0.25, 0.3) is 0 Å². The van der Waals surface area contributed by atoms with E-state index < -0.39 is 8.32 Å². The Kier molecular flexibility index (Phi) is 6.86. The molecule has 0 N–H and O–H groups in total. The molecule has 1 amide bonds. The summed E-state index contributed by atoms with van der Waals surface area (Å²) >= 11 is 0. The highest BCUT2D eigenvalue weighted by Gasteiger charge is 2.40. The Morgan fingerprint density at radius 3 is 2.26 bits per heavy atom. The topological polar surface area (TPSA) is 38.3 Å². The molecule has 0 atom stereocenters. The number of rotatable bonds is 2. The number of carbonyl (C=O) groups excluding carboxylic acids is 1. The lowest BCUT2D eigenvalue weighted by Crippen LogP contribution is -3.00. The number of aryl methyl sites for hydroxylation is 1. The van der Waals surface area contributed by atoms with Gasteiger partial charge in [0.25, 0.3) is 6.33 Å². The van der Waals surface area contributed by atoms with Gasteiger partial charge < -0.3 is 33.3 Å². The van der Waals surface area contributed by atoms with Crippen LogP contribution in [0.4, 0.5) is 4.79 Å². The Labute approximate surface area is 158 Å². The highest BCUT2D eigenvalue weighted by molar-refractivity contribution is 6.74. The smallest absolute Gasteiger partial charge is 0.415 e. The average molecular weight is 451 g/mol. The SMILES string of the molecule is C[n+]1ccn(C(=O)N2CCC(O[Si](C)(C)C(C)(C)C)CC2)c1.[I-]. The zero-order valence-electron chi connectivity index (χ0n) is 15.2. The maximum absolute atomic E-state index is 12.4. The van der Waals surface area contributed by atoms with Crippen molar-refractivity contribution >= 4 is 14.3 Å². The minimum Gasteiger partial charge on any atom is -1.00 e. The van der Waals surface area contributed by atoms with Gasteiger partial charge in [0.05, 0.1) is 7.05 Å². The summed E-state index contributed by atoms with van der Waals surface area (Å²) < 4.78 is 10.00. The van der Waals surface area contributed by atoms with Crippen molar-refractivity contribution in [1.29, 1.82) is 0 Å². The van der Waals surface area contributed by atoms with Crippen molar-refractivity contribution in [2.75, 3.05) is 13.1 Å². The fraction of sp³-hybridized carbons (Fsp3) is 0.750. The molecule has 1 aliphatic heterocycles. The Morgan fingerprint density at radius 1 is 1.26 bits per heavy atom. The quantitative estimate of drug-likeness (QED) is 0.354. The van der Waals surface area contributed by atoms with E-state index in [9.17, 15) is 4.79 Å². The molecule has 1 aliphatic rings. The molecule has 0 spiro atoms. The maximum Gasteiger partial charge on any atom is 0.415 e. The van der Waals surface area contributed by atoms with E-state index in [-0.39, 0.29) is 35.0 Å². The molecule has 2 heterocycles. The van der Waals surface area contributed by atoms with E-state index in [2.05, 4.69) is 33.9 Å². The van der Waals surface area contributed by atoms with Crippen LogP contribution in [0.1, 0.15) is 33.6 Å². The number of piperidine rings is 1. The van der Waals surface area contributed by atoms with Crippen molar-refractivity contribution in [1.82, 2.24) is 9.47 Å². The Hall–Kier alpha value is -0.413. The molecule has 2 rings (SSSR count). The highest BCUT2D eigenvalue weighted by atomic mass is 127. The minimum atomic E-state index is -1.71. The number of likely N-dealkylation sites (tertiary alicyclic amines) is 1. The third-order valence-electron chi connectivity index (χ3n) is 4.97. The zero-order chi connectivity index (χ0) is 16.5. The molecular formula is C16H30IN3O2Si. The van der Waals surface area contributed by atoms with E-state index >= 15 is 0 Å². The van der Waals surface area contributed by atoms with Gasteiger partial charge in [-0.25, -0.2) is 9.36 Å². The van der Waals surface area contributed by atoms with Crippen LogP contribution >= 0.6 is 0 Å². The normalized spacial score (nSPS) is 17.0. The monoisotopic (exact) mass is 451 g/mol. The summed E-state index contributed by atoms with van der Waals surface area (Å²) in [4.78, 5) is 14.3. The van der Waals surface area contributed by atoms with Gasteiger partial charge in [0, 0.05) is 19.2 Å². The second-order valence-electron chi connectivity index (χ2n) is 7.83. The van der Waals surface area contributed by atoms with Crippen LogP contribution < -0.4 is 28.5 Å². The lowest BCUT2D eigenvalue weighted by Gasteiger charge is -2.41. The molecule has 1 saturated heterocycles. The number of nitrogens with zero attached hydrogens (tertiary/aromatic N) is 3. The molecule has 0 bridgehead atoms. The first-order chi connectivity index (χ1) is 10.1. The maximum atomic E-state index is 12.4. The number of halogens is 1. The summed E-state index contributed by atoms with van der Waals surface area (Å²) in [7, 11) is 0.206. The van der Waals surface area contributed by atoms with E-state index in [1.165, 1.54) is 0 Å². The fourth-order valence-electron chi connectivity index (χ4n) is 2.49. The zero-order valence-corrected chi connectivity index (χ0v) is 18.3. The summed E-state index contributed by atoms with van der Waals surface area (Å²) in [6.07, 6.45) is 7.66. The third kappa shape index (κ3) is 5.03. The molecule has 7 heteroatoms. The number of aromatic nitrogens is 2. The second kappa shape index (κ2) is 7.65. The summed E-state index contributed by atoms with van der Waals surface area (Å²) in [6.45, 7) is 13.0. The molecule has 1 aromatic rings. The van der Waals surface area contributed by atoms with Crippen LogP contribution in [0.2, 0.25) is 18.1 Å². The van der Waals surface area contributed by atoms with Crippen molar-refractivity contribution in [3.05, 3.63) is 18.7 Å². The predicted octanol–water partition coefficient (Wildman–Crippen LogP) is -0.229. The van der Waals surface area contributed by atoms with Crippen molar-refractivity contribution in [2.24, 2.45) is 7.05 Å². The fourth-order valence-corrected chi connectivity index (χ4v) is 3.91. The molecule has 0 saturated carbocycles. The van der Waals surface area contributed by atoms with Crippen molar-refractivity contribution in [3.63, 3.8) is 0 Å². The van der Waals surface area contributed by atoms with E-state index in [0.717, 1.165) is 25.9 Å². The van der Waals surface area contributed by atoms with Gasteiger partial charge in [-0.2, -0.15) is 4.57 Å². The van der Waals surface area contributed by atoms with Gasteiger partial charge in [0.15, 0.2) is 8.32 Å². The van der Waals surface area contributed by atoms with Gasteiger partial charge in [0.1, 0.15) is 12.4 Å². The van der Waals surface area contributed by atoms with Gasteiger partial charge in [-0.15, -0.1) is 0 Å². The number of amides is 1. The van der Waals surface area contributed by atoms with Gasteiger partial charge in [-0.1, -0.05) is 20.8 Å². The van der Waals surface area contributed by atoms with E-state index in [4.69, 9.17) is 4.43 Å². The second-order valence-corrected chi connectivity index (χ2v) is 12.6. The van der Waals surface area contributed by atoms with E-state index in [1.807, 2.05) is 22.7 Å². The van der Waals surface area contributed by atoms with Crippen LogP contribution in [0.3, 0.4) is 0 Å². The predicted molar refractivity (Wildman–Crippen MR) is 89.3 cm³/mol. The van der Waals surface area contributed by atoms with Crippen LogP contribution in [0.15, 0.2) is 18.7 Å². The molecule has 0 radical (unpaired) electrons. The number of hydrogen-bond acceptors (Lipinski definition) is 2. The molecule has 0 aromatic carbocycles. The van der Waals surface area contributed by atoms with Crippen LogP contribution in [0.5, 0.6) is 0 Å². The van der Waals surface area contributed by atoms with Crippen molar-refractivity contribution < 1.29 is 37.8 Å². The summed E-state index contributed by atoms with van der Waals surface area (Å²) in [5.41, 5.74) is 0. The Morgan fingerprint density at radius 2 is 1.83 bits per heavy atom. The number of carbonyl (C=O) groups is 1. The molecule has 5 nitrogen and oxygen atoms in total. The molecule has 23 heavy (non-hydrogen) atoms. The van der Waals surface area contributed by atoms with Crippen molar-refractivity contribution in [2.45, 2.75) is 57.8 Å². The molecule has 0 unspecified atom stereocenters. The third-order valence-corrected chi connectivity index (χ3v) is 9.50. The standard InChI is InChI=1S/C16H30N3O2Si.HI/c1-16(2,3)22(5,6)21-14-7-9-18(10-8-14)15(20)19-12-11-17(4)13-19;/h11-14H,7-10H2,1-6H3;1H/q+1;/p-1. The summed E-state index contributed by atoms with van der Waals surface area (Å²) in [5, 5.41) is 0.236. The largest absolute Gasteiger partial charge is 1.00 e. The van der Waals surface area contributed by atoms with Gasteiger partial charge >= 0.3 is 6.03 Å². The summed E-state index contributed by atoms with van der Waals surface area (Å²) in [5.74, 6) is 0. The highest BCUT2D eigenvalue weighted by Crippen LogP contribution is 2.38. The van der Waals surface area contributed by atoms with E-state index in [0.29, 0.717) is 6.10 Å². The van der Waals surface area contributed by atoms with Gasteiger partial charge in [0.2, 0.25) is 0 Å². The van der Waals surface area contributed by atoms with E-state index in [1.54, 1.807) is 17.1 Å². The van der Waals surface area contributed by atoms with Crippen LogP contribution in [-0.4, -0.2) is 43.0 Å². The first kappa shape index (κ1) is 20.6. The molecule has 1 aromatic heterocycles. The minimum absolute atomic E-state index is 0. The van der Waals surface area contributed by atoms with Crippen molar-refractivity contribution in [3.8, 4) is 0 Å².